The van der Waals surface area contributed by atoms with Crippen LogP contribution in [0.3, 0.4) is 0 Å². The van der Waals surface area contributed by atoms with Crippen LogP contribution in [0.4, 0.5) is 0 Å². The SMILES string of the molecule is O=CCCc1scnc1C1CC1. The molecule has 1 fully saturated rings. The van der Waals surface area contributed by atoms with Crippen LogP contribution in [0.1, 0.15) is 35.8 Å². The zero-order valence-electron chi connectivity index (χ0n) is 6.82. The number of nitrogens with zero attached hydrogens (tertiary/aromatic N) is 1. The summed E-state index contributed by atoms with van der Waals surface area (Å²) in [6.45, 7) is 0. The van der Waals surface area contributed by atoms with E-state index in [2.05, 4.69) is 4.98 Å². The average molecular weight is 181 g/mol. The Kier molecular flexibility index (Phi) is 2.21. The van der Waals surface area contributed by atoms with Gasteiger partial charge in [0.1, 0.15) is 6.29 Å². The van der Waals surface area contributed by atoms with E-state index in [9.17, 15) is 4.79 Å². The van der Waals surface area contributed by atoms with E-state index in [-0.39, 0.29) is 0 Å². The van der Waals surface area contributed by atoms with Gasteiger partial charge in [0.15, 0.2) is 0 Å². The van der Waals surface area contributed by atoms with Crippen molar-refractivity contribution >= 4 is 17.6 Å². The molecule has 0 atom stereocenters. The maximum Gasteiger partial charge on any atom is 0.120 e. The number of aromatic nitrogens is 1. The molecule has 12 heavy (non-hydrogen) atoms. The topological polar surface area (TPSA) is 30.0 Å². The molecule has 3 heteroatoms. The Bertz CT molecular complexity index is 278. The van der Waals surface area contributed by atoms with E-state index in [1.165, 1.54) is 23.4 Å². The van der Waals surface area contributed by atoms with Gasteiger partial charge in [0.2, 0.25) is 0 Å². The molecule has 1 aromatic heterocycles. The molecule has 0 amide bonds. The van der Waals surface area contributed by atoms with Gasteiger partial charge in [-0.3, -0.25) is 0 Å². The van der Waals surface area contributed by atoms with Crippen molar-refractivity contribution in [3.05, 3.63) is 16.1 Å². The highest BCUT2D eigenvalue weighted by molar-refractivity contribution is 7.09. The second-order valence-electron chi connectivity index (χ2n) is 3.14. The number of carbonyl (C=O) groups is 1. The van der Waals surface area contributed by atoms with Crippen LogP contribution in [0.2, 0.25) is 0 Å². The van der Waals surface area contributed by atoms with Crippen LogP contribution in [0.25, 0.3) is 0 Å². The molecule has 0 saturated heterocycles. The van der Waals surface area contributed by atoms with Crippen molar-refractivity contribution in [2.75, 3.05) is 0 Å². The number of hydrogen-bond acceptors (Lipinski definition) is 3. The minimum atomic E-state index is 0.641. The highest BCUT2D eigenvalue weighted by atomic mass is 32.1. The van der Waals surface area contributed by atoms with Crippen LogP contribution in [0.5, 0.6) is 0 Å². The Morgan fingerprint density at radius 2 is 2.50 bits per heavy atom. The van der Waals surface area contributed by atoms with Gasteiger partial charge in [0.05, 0.1) is 11.2 Å². The third-order valence-corrected chi connectivity index (χ3v) is 3.03. The van der Waals surface area contributed by atoms with E-state index in [1.807, 2.05) is 5.51 Å². The van der Waals surface area contributed by atoms with E-state index in [1.54, 1.807) is 11.3 Å². The van der Waals surface area contributed by atoms with Crippen molar-refractivity contribution in [2.24, 2.45) is 0 Å². The number of aldehydes is 1. The van der Waals surface area contributed by atoms with Gasteiger partial charge in [-0.05, 0) is 19.3 Å². The van der Waals surface area contributed by atoms with Crippen molar-refractivity contribution in [3.63, 3.8) is 0 Å². The molecule has 1 heterocycles. The molecule has 2 rings (SSSR count). The predicted octanol–water partition coefficient (Wildman–Crippen LogP) is 2.15. The summed E-state index contributed by atoms with van der Waals surface area (Å²) < 4.78 is 0. The Labute approximate surface area is 75.6 Å². The summed E-state index contributed by atoms with van der Waals surface area (Å²) in [5.41, 5.74) is 3.16. The Morgan fingerprint density at radius 1 is 1.67 bits per heavy atom. The normalized spacial score (nSPS) is 16.3. The van der Waals surface area contributed by atoms with Crippen molar-refractivity contribution < 1.29 is 4.79 Å². The van der Waals surface area contributed by atoms with Crippen molar-refractivity contribution in [3.8, 4) is 0 Å². The molecule has 2 nitrogen and oxygen atoms in total. The van der Waals surface area contributed by atoms with Crippen molar-refractivity contribution in [2.45, 2.75) is 31.6 Å². The molecule has 64 valence electrons. The molecule has 0 aliphatic heterocycles. The Morgan fingerprint density at radius 3 is 3.17 bits per heavy atom. The van der Waals surface area contributed by atoms with E-state index >= 15 is 0 Å². The molecular formula is C9H11NOS. The molecular weight excluding hydrogens is 170 g/mol. The first-order valence-corrected chi connectivity index (χ1v) is 5.15. The summed E-state index contributed by atoms with van der Waals surface area (Å²) in [7, 11) is 0. The molecule has 0 aromatic carbocycles. The van der Waals surface area contributed by atoms with Crippen LogP contribution in [0.15, 0.2) is 5.51 Å². The Balaban J connectivity index is 2.07. The fourth-order valence-electron chi connectivity index (χ4n) is 1.35. The Hall–Kier alpha value is -0.700. The van der Waals surface area contributed by atoms with Gasteiger partial charge in [-0.2, -0.15) is 0 Å². The number of hydrogen-bond donors (Lipinski definition) is 0. The second kappa shape index (κ2) is 3.35. The summed E-state index contributed by atoms with van der Waals surface area (Å²) in [6, 6.07) is 0. The van der Waals surface area contributed by atoms with Gasteiger partial charge < -0.3 is 4.79 Å². The monoisotopic (exact) mass is 181 g/mol. The number of aryl methyl sites for hydroxylation is 1. The molecule has 0 unspecified atom stereocenters. The molecule has 1 aromatic rings. The third-order valence-electron chi connectivity index (χ3n) is 2.13. The van der Waals surface area contributed by atoms with Gasteiger partial charge >= 0.3 is 0 Å². The molecule has 1 aliphatic rings. The minimum Gasteiger partial charge on any atom is -0.303 e. The van der Waals surface area contributed by atoms with Gasteiger partial charge in [-0.1, -0.05) is 0 Å². The van der Waals surface area contributed by atoms with Crippen LogP contribution in [-0.4, -0.2) is 11.3 Å². The minimum absolute atomic E-state index is 0.641. The average Bonchev–Trinajstić information content (AvgIpc) is 2.83. The van der Waals surface area contributed by atoms with E-state index in [0.717, 1.165) is 18.6 Å². The maximum absolute atomic E-state index is 10.2. The van der Waals surface area contributed by atoms with E-state index < -0.39 is 0 Å². The van der Waals surface area contributed by atoms with Gasteiger partial charge in [0.25, 0.3) is 0 Å². The van der Waals surface area contributed by atoms with Crippen LogP contribution in [0, 0.1) is 0 Å². The first-order valence-electron chi connectivity index (χ1n) is 4.27. The number of carbonyl (C=O) groups excluding carboxylic acids is 1. The van der Waals surface area contributed by atoms with Gasteiger partial charge in [-0.25, -0.2) is 4.98 Å². The van der Waals surface area contributed by atoms with Gasteiger partial charge in [-0.15, -0.1) is 11.3 Å². The van der Waals surface area contributed by atoms with Crippen molar-refractivity contribution in [1.29, 1.82) is 0 Å². The van der Waals surface area contributed by atoms with Crippen molar-refractivity contribution in [1.82, 2.24) is 4.98 Å². The maximum atomic E-state index is 10.2. The smallest absolute Gasteiger partial charge is 0.120 e. The van der Waals surface area contributed by atoms with Crippen LogP contribution >= 0.6 is 11.3 Å². The highest BCUT2D eigenvalue weighted by Crippen LogP contribution is 2.41. The molecule has 0 bridgehead atoms. The highest BCUT2D eigenvalue weighted by Gasteiger charge is 2.27. The lowest BCUT2D eigenvalue weighted by molar-refractivity contribution is -0.107. The fraction of sp³-hybridized carbons (Fsp3) is 0.556. The summed E-state index contributed by atoms with van der Waals surface area (Å²) in [6.07, 6.45) is 5.09. The molecule has 1 saturated carbocycles. The molecule has 0 radical (unpaired) electrons. The lowest BCUT2D eigenvalue weighted by Gasteiger charge is -1.95. The molecule has 1 aliphatic carbocycles. The van der Waals surface area contributed by atoms with Crippen LogP contribution < -0.4 is 0 Å². The lowest BCUT2D eigenvalue weighted by atomic mass is 10.2. The molecule has 0 N–H and O–H groups in total. The third kappa shape index (κ3) is 1.55. The predicted molar refractivity (Wildman–Crippen MR) is 48.5 cm³/mol. The molecule has 0 spiro atoms. The first-order chi connectivity index (χ1) is 5.92. The second-order valence-corrected chi connectivity index (χ2v) is 4.08. The quantitative estimate of drug-likeness (QED) is 0.666. The largest absolute Gasteiger partial charge is 0.303 e. The van der Waals surface area contributed by atoms with E-state index in [0.29, 0.717) is 6.42 Å². The summed E-state index contributed by atoms with van der Waals surface area (Å²) >= 11 is 1.69. The van der Waals surface area contributed by atoms with Crippen LogP contribution in [-0.2, 0) is 11.2 Å². The summed E-state index contributed by atoms with van der Waals surface area (Å²) in [5.74, 6) is 0.720. The summed E-state index contributed by atoms with van der Waals surface area (Å²) in [4.78, 5) is 15.8. The zero-order valence-corrected chi connectivity index (χ0v) is 7.64. The van der Waals surface area contributed by atoms with Gasteiger partial charge in [0, 0.05) is 17.2 Å². The lowest BCUT2D eigenvalue weighted by Crippen LogP contribution is -1.88. The zero-order chi connectivity index (χ0) is 8.39. The summed E-state index contributed by atoms with van der Waals surface area (Å²) in [5, 5.41) is 0. The number of rotatable bonds is 4. The van der Waals surface area contributed by atoms with E-state index in [4.69, 9.17) is 0 Å². The number of thiazole rings is 1. The standard InChI is InChI=1S/C9H11NOS/c11-5-1-2-8-9(7-3-4-7)10-6-12-8/h5-7H,1-4H2. The fourth-order valence-corrected chi connectivity index (χ4v) is 2.22. The first kappa shape index (κ1) is 7.92.